The van der Waals surface area contributed by atoms with E-state index in [2.05, 4.69) is 4.98 Å². The van der Waals surface area contributed by atoms with Gasteiger partial charge in [-0.2, -0.15) is 0 Å². The van der Waals surface area contributed by atoms with Crippen LogP contribution in [0.1, 0.15) is 38.2 Å². The summed E-state index contributed by atoms with van der Waals surface area (Å²) in [5, 5.41) is 21.8. The molecule has 1 aromatic carbocycles. The zero-order chi connectivity index (χ0) is 21.8. The number of nitrogens with zero attached hydrogens (tertiary/aromatic N) is 1. The quantitative estimate of drug-likeness (QED) is 0.405. The maximum absolute atomic E-state index is 11.2. The molecule has 0 amide bonds. The number of ether oxygens (including phenoxy) is 3. The lowest BCUT2D eigenvalue weighted by Gasteiger charge is -2.36. The van der Waals surface area contributed by atoms with Gasteiger partial charge >= 0.3 is 0 Å². The summed E-state index contributed by atoms with van der Waals surface area (Å²) in [5.41, 5.74) is 5.46. The number of aliphatic hydroxyl groups is 2. The number of methoxy groups -OCH3 is 1. The summed E-state index contributed by atoms with van der Waals surface area (Å²) in [6.07, 6.45) is 5.16. The molecule has 4 N–H and O–H groups in total. The summed E-state index contributed by atoms with van der Waals surface area (Å²) in [6.45, 7) is 3.28. The molecule has 3 unspecified atom stereocenters. The van der Waals surface area contributed by atoms with Gasteiger partial charge in [0.2, 0.25) is 0 Å². The highest BCUT2D eigenvalue weighted by Crippen LogP contribution is 2.30. The van der Waals surface area contributed by atoms with E-state index in [-0.39, 0.29) is 6.61 Å². The Morgan fingerprint density at radius 3 is 2.33 bits per heavy atom. The normalized spacial score (nSPS) is 15.2. The first-order valence-corrected chi connectivity index (χ1v) is 10.4. The van der Waals surface area contributed by atoms with Crippen molar-refractivity contribution >= 4 is 0 Å². The van der Waals surface area contributed by atoms with Crippen LogP contribution in [0.4, 0.5) is 0 Å². The van der Waals surface area contributed by atoms with Gasteiger partial charge in [-0.1, -0.05) is 19.4 Å². The van der Waals surface area contributed by atoms with Crippen LogP contribution >= 0.6 is 0 Å². The molecule has 7 heteroatoms. The van der Waals surface area contributed by atoms with E-state index < -0.39 is 17.7 Å². The van der Waals surface area contributed by atoms with E-state index >= 15 is 0 Å². The second-order valence-corrected chi connectivity index (χ2v) is 7.34. The smallest absolute Gasteiger partial charge is 0.119 e. The SMILES string of the molecule is CCCC(O)(c1cccnc1)C(N)C(O)COc1ccc(OCCCCOC)cc1. The van der Waals surface area contributed by atoms with Crippen molar-refractivity contribution in [2.24, 2.45) is 5.73 Å². The Bertz CT molecular complexity index is 713. The van der Waals surface area contributed by atoms with E-state index in [0.29, 0.717) is 30.8 Å². The summed E-state index contributed by atoms with van der Waals surface area (Å²) in [6, 6.07) is 9.79. The number of aromatic nitrogens is 1. The van der Waals surface area contributed by atoms with Crippen LogP contribution in [0.2, 0.25) is 0 Å². The third kappa shape index (κ3) is 6.95. The molecule has 0 saturated carbocycles. The fourth-order valence-electron chi connectivity index (χ4n) is 3.28. The summed E-state index contributed by atoms with van der Waals surface area (Å²) >= 11 is 0. The Morgan fingerprint density at radius 2 is 1.73 bits per heavy atom. The second-order valence-electron chi connectivity index (χ2n) is 7.34. The largest absolute Gasteiger partial charge is 0.494 e. The van der Waals surface area contributed by atoms with Gasteiger partial charge in [0.25, 0.3) is 0 Å². The molecule has 1 heterocycles. The average Bonchev–Trinajstić information content (AvgIpc) is 2.78. The van der Waals surface area contributed by atoms with Gasteiger partial charge < -0.3 is 30.2 Å². The van der Waals surface area contributed by atoms with E-state index in [9.17, 15) is 10.2 Å². The first-order valence-electron chi connectivity index (χ1n) is 10.4. The average molecular weight is 419 g/mol. The van der Waals surface area contributed by atoms with Crippen LogP contribution < -0.4 is 15.2 Å². The number of benzene rings is 1. The van der Waals surface area contributed by atoms with E-state index in [0.717, 1.165) is 25.2 Å². The predicted molar refractivity (Wildman–Crippen MR) is 116 cm³/mol. The number of hydrogen-bond acceptors (Lipinski definition) is 7. The number of hydrogen-bond donors (Lipinski definition) is 3. The lowest BCUT2D eigenvalue weighted by atomic mass is 9.81. The number of nitrogens with two attached hydrogens (primary N) is 1. The second kappa shape index (κ2) is 12.5. The number of pyridine rings is 1. The van der Waals surface area contributed by atoms with Gasteiger partial charge in [-0.25, -0.2) is 0 Å². The van der Waals surface area contributed by atoms with Crippen LogP contribution in [0.5, 0.6) is 11.5 Å². The van der Waals surface area contributed by atoms with Gasteiger partial charge in [0.1, 0.15) is 29.8 Å². The molecule has 0 aliphatic carbocycles. The van der Waals surface area contributed by atoms with Crippen molar-refractivity contribution in [3.8, 4) is 11.5 Å². The van der Waals surface area contributed by atoms with Crippen molar-refractivity contribution < 1.29 is 24.4 Å². The van der Waals surface area contributed by atoms with Crippen molar-refractivity contribution in [2.45, 2.75) is 50.4 Å². The standard InChI is InChI=1S/C23H34N2O5/c1-3-12-23(27,18-7-6-13-25-16-18)22(24)21(26)17-30-20-10-8-19(9-11-20)29-15-5-4-14-28-2/h6-11,13,16,21-22,26-27H,3-5,12,14-15,17,24H2,1-2H3. The number of unbranched alkanes of at least 4 members (excludes halogenated alkanes) is 1. The van der Waals surface area contributed by atoms with Crippen molar-refractivity contribution in [3.05, 3.63) is 54.4 Å². The molecule has 0 bridgehead atoms. The molecular weight excluding hydrogens is 384 g/mol. The Hall–Kier alpha value is -2.19. The molecule has 0 radical (unpaired) electrons. The minimum absolute atomic E-state index is 0.0370. The minimum Gasteiger partial charge on any atom is -0.494 e. The topological polar surface area (TPSA) is 107 Å². The summed E-state index contributed by atoms with van der Waals surface area (Å²) in [4.78, 5) is 4.07. The van der Waals surface area contributed by atoms with Crippen molar-refractivity contribution in [3.63, 3.8) is 0 Å². The Balaban J connectivity index is 1.88. The van der Waals surface area contributed by atoms with E-state index in [1.165, 1.54) is 0 Å². The van der Waals surface area contributed by atoms with Crippen LogP contribution in [0, 0.1) is 0 Å². The Labute approximate surface area is 178 Å². The highest BCUT2D eigenvalue weighted by Gasteiger charge is 2.40. The summed E-state index contributed by atoms with van der Waals surface area (Å²) < 4.78 is 16.4. The van der Waals surface area contributed by atoms with Gasteiger partial charge in [-0.15, -0.1) is 0 Å². The van der Waals surface area contributed by atoms with Crippen LogP contribution in [-0.2, 0) is 10.3 Å². The van der Waals surface area contributed by atoms with Gasteiger partial charge in [-0.05, 0) is 49.6 Å². The molecule has 0 fully saturated rings. The monoisotopic (exact) mass is 418 g/mol. The highest BCUT2D eigenvalue weighted by molar-refractivity contribution is 5.31. The van der Waals surface area contributed by atoms with Crippen LogP contribution in [-0.4, -0.2) is 54.3 Å². The summed E-state index contributed by atoms with van der Waals surface area (Å²) in [5.74, 6) is 1.35. The molecule has 3 atom stereocenters. The lowest BCUT2D eigenvalue weighted by Crippen LogP contribution is -2.54. The van der Waals surface area contributed by atoms with Crippen LogP contribution in [0.3, 0.4) is 0 Å². The van der Waals surface area contributed by atoms with E-state index in [4.69, 9.17) is 19.9 Å². The molecule has 166 valence electrons. The molecule has 0 aliphatic rings. The molecule has 0 saturated heterocycles. The molecule has 30 heavy (non-hydrogen) atoms. The zero-order valence-electron chi connectivity index (χ0n) is 17.9. The van der Waals surface area contributed by atoms with Gasteiger partial charge in [0.05, 0.1) is 12.6 Å². The molecule has 0 spiro atoms. The Kier molecular flexibility index (Phi) is 10.0. The minimum atomic E-state index is -1.38. The maximum Gasteiger partial charge on any atom is 0.119 e. The Morgan fingerprint density at radius 1 is 1.07 bits per heavy atom. The fourth-order valence-corrected chi connectivity index (χ4v) is 3.28. The first-order chi connectivity index (χ1) is 14.5. The van der Waals surface area contributed by atoms with Crippen LogP contribution in [0.25, 0.3) is 0 Å². The van der Waals surface area contributed by atoms with E-state index in [1.54, 1.807) is 43.8 Å². The van der Waals surface area contributed by atoms with Gasteiger partial charge in [0, 0.05) is 31.7 Å². The highest BCUT2D eigenvalue weighted by atomic mass is 16.5. The fraction of sp³-hybridized carbons (Fsp3) is 0.522. The molecule has 2 rings (SSSR count). The predicted octanol–water partition coefficient (Wildman–Crippen LogP) is 2.64. The molecule has 7 nitrogen and oxygen atoms in total. The van der Waals surface area contributed by atoms with Crippen molar-refractivity contribution in [1.29, 1.82) is 0 Å². The third-order valence-electron chi connectivity index (χ3n) is 5.01. The number of aliphatic hydroxyl groups excluding tert-OH is 1. The van der Waals surface area contributed by atoms with Gasteiger partial charge in [0.15, 0.2) is 0 Å². The molecule has 0 aliphatic heterocycles. The molecule has 2 aromatic rings. The lowest BCUT2D eigenvalue weighted by molar-refractivity contribution is -0.0545. The third-order valence-corrected chi connectivity index (χ3v) is 5.01. The van der Waals surface area contributed by atoms with Crippen molar-refractivity contribution in [2.75, 3.05) is 26.9 Å². The van der Waals surface area contributed by atoms with Crippen LogP contribution in [0.15, 0.2) is 48.8 Å². The molecule has 1 aromatic heterocycles. The number of rotatable bonds is 14. The molecular formula is C23H34N2O5. The van der Waals surface area contributed by atoms with E-state index in [1.807, 2.05) is 19.1 Å². The van der Waals surface area contributed by atoms with Gasteiger partial charge in [-0.3, -0.25) is 4.98 Å². The van der Waals surface area contributed by atoms with Crippen molar-refractivity contribution in [1.82, 2.24) is 4.98 Å². The first kappa shape index (κ1) is 24.1. The maximum atomic E-state index is 11.2. The zero-order valence-corrected chi connectivity index (χ0v) is 17.9. The summed E-state index contributed by atoms with van der Waals surface area (Å²) in [7, 11) is 1.69.